The van der Waals surface area contributed by atoms with Gasteiger partial charge in [0.15, 0.2) is 0 Å². The van der Waals surface area contributed by atoms with Crippen molar-refractivity contribution >= 4 is 5.97 Å². The third-order valence-corrected chi connectivity index (χ3v) is 2.26. The number of aromatic hydroxyl groups is 1. The van der Waals surface area contributed by atoms with Gasteiger partial charge in [0.25, 0.3) is 0 Å². The topological polar surface area (TPSA) is 57.5 Å². The number of carbonyl (C=O) groups is 1. The molecule has 1 aromatic carbocycles. The monoisotopic (exact) mass is 194 g/mol. The zero-order chi connectivity index (χ0) is 10.6. The highest BCUT2D eigenvalue weighted by molar-refractivity contribution is 5.68. The highest BCUT2D eigenvalue weighted by Crippen LogP contribution is 2.25. The van der Waals surface area contributed by atoms with E-state index < -0.39 is 5.97 Å². The second-order valence-electron chi connectivity index (χ2n) is 3.30. The van der Waals surface area contributed by atoms with Gasteiger partial charge in [-0.15, -0.1) is 0 Å². The third-order valence-electron chi connectivity index (χ3n) is 2.26. The van der Waals surface area contributed by atoms with E-state index in [2.05, 4.69) is 0 Å². The smallest absolute Gasteiger partial charge is 0.303 e. The summed E-state index contributed by atoms with van der Waals surface area (Å²) in [7, 11) is 0. The van der Waals surface area contributed by atoms with Crippen LogP contribution in [0.15, 0.2) is 24.3 Å². The lowest BCUT2D eigenvalue weighted by Crippen LogP contribution is -2.05. The molecule has 0 aliphatic carbocycles. The Labute approximate surface area is 83.0 Å². The average Bonchev–Trinajstić information content (AvgIpc) is 2.14. The summed E-state index contributed by atoms with van der Waals surface area (Å²) in [5.74, 6) is -0.633. The molecule has 3 nitrogen and oxygen atoms in total. The normalized spacial score (nSPS) is 12.4. The van der Waals surface area contributed by atoms with Crippen LogP contribution in [-0.4, -0.2) is 16.2 Å². The summed E-state index contributed by atoms with van der Waals surface area (Å²) in [4.78, 5) is 10.6. The lowest BCUT2D eigenvalue weighted by Gasteiger charge is -2.12. The highest BCUT2D eigenvalue weighted by atomic mass is 16.4. The molecule has 1 aromatic rings. The SMILES string of the molecule is CCC(CC(=O)O)c1cccc(O)c1. The van der Waals surface area contributed by atoms with E-state index in [1.54, 1.807) is 18.2 Å². The fourth-order valence-corrected chi connectivity index (χ4v) is 1.49. The van der Waals surface area contributed by atoms with Crippen LogP contribution in [0.1, 0.15) is 31.2 Å². The predicted molar refractivity (Wildman–Crippen MR) is 53.4 cm³/mol. The maximum absolute atomic E-state index is 10.6. The van der Waals surface area contributed by atoms with Gasteiger partial charge in [-0.25, -0.2) is 0 Å². The summed E-state index contributed by atoms with van der Waals surface area (Å²) < 4.78 is 0. The molecule has 0 saturated carbocycles. The fraction of sp³-hybridized carbons (Fsp3) is 0.364. The van der Waals surface area contributed by atoms with Crippen molar-refractivity contribution in [1.29, 1.82) is 0 Å². The van der Waals surface area contributed by atoms with Gasteiger partial charge in [0.2, 0.25) is 0 Å². The van der Waals surface area contributed by atoms with Crippen molar-refractivity contribution in [1.82, 2.24) is 0 Å². The number of phenolic OH excluding ortho intramolecular Hbond substituents is 1. The van der Waals surface area contributed by atoms with Crippen LogP contribution in [0.5, 0.6) is 5.75 Å². The predicted octanol–water partition coefficient (Wildman–Crippen LogP) is 2.36. The minimum atomic E-state index is -0.805. The lowest BCUT2D eigenvalue weighted by atomic mass is 9.93. The first kappa shape index (κ1) is 10.6. The largest absolute Gasteiger partial charge is 0.508 e. The van der Waals surface area contributed by atoms with Crippen molar-refractivity contribution in [2.75, 3.05) is 0 Å². The van der Waals surface area contributed by atoms with Crippen LogP contribution in [0.4, 0.5) is 0 Å². The average molecular weight is 194 g/mol. The second kappa shape index (κ2) is 4.65. The molecule has 2 N–H and O–H groups in total. The van der Waals surface area contributed by atoms with E-state index in [0.29, 0.717) is 0 Å². The van der Waals surface area contributed by atoms with E-state index in [0.717, 1.165) is 12.0 Å². The zero-order valence-electron chi connectivity index (χ0n) is 8.10. The molecule has 0 radical (unpaired) electrons. The number of hydrogen-bond acceptors (Lipinski definition) is 2. The summed E-state index contributed by atoms with van der Waals surface area (Å²) in [5.41, 5.74) is 0.884. The Morgan fingerprint density at radius 3 is 2.71 bits per heavy atom. The summed E-state index contributed by atoms with van der Waals surface area (Å²) in [5, 5.41) is 17.9. The summed E-state index contributed by atoms with van der Waals surface area (Å²) >= 11 is 0. The third kappa shape index (κ3) is 2.76. The van der Waals surface area contributed by atoms with Gasteiger partial charge in [-0.2, -0.15) is 0 Å². The molecule has 1 atom stereocenters. The number of rotatable bonds is 4. The molecule has 0 aliphatic heterocycles. The molecule has 0 heterocycles. The number of aliphatic carboxylic acids is 1. The Hall–Kier alpha value is -1.51. The maximum Gasteiger partial charge on any atom is 0.303 e. The van der Waals surface area contributed by atoms with Gasteiger partial charge in [-0.3, -0.25) is 4.79 Å². The molecular weight excluding hydrogens is 180 g/mol. The summed E-state index contributed by atoms with van der Waals surface area (Å²) in [6, 6.07) is 6.78. The van der Waals surface area contributed by atoms with Gasteiger partial charge in [-0.05, 0) is 30.0 Å². The minimum absolute atomic E-state index is 0.0143. The molecule has 0 amide bonds. The highest BCUT2D eigenvalue weighted by Gasteiger charge is 2.13. The summed E-state index contributed by atoms with van der Waals surface area (Å²) in [6.45, 7) is 1.94. The molecule has 0 saturated heterocycles. The molecule has 1 rings (SSSR count). The van der Waals surface area contributed by atoms with Gasteiger partial charge in [0, 0.05) is 0 Å². The Morgan fingerprint density at radius 2 is 2.21 bits per heavy atom. The molecule has 14 heavy (non-hydrogen) atoms. The number of carboxylic acids is 1. The van der Waals surface area contributed by atoms with Crippen molar-refractivity contribution < 1.29 is 15.0 Å². The number of carboxylic acid groups (broad SMARTS) is 1. The maximum atomic E-state index is 10.6. The van der Waals surface area contributed by atoms with Crippen molar-refractivity contribution in [3.63, 3.8) is 0 Å². The van der Waals surface area contributed by atoms with Crippen LogP contribution in [0.25, 0.3) is 0 Å². The Morgan fingerprint density at radius 1 is 1.50 bits per heavy atom. The summed E-state index contributed by atoms with van der Waals surface area (Å²) in [6.07, 6.45) is 0.871. The molecule has 0 fully saturated rings. The van der Waals surface area contributed by atoms with E-state index in [4.69, 9.17) is 5.11 Å². The number of benzene rings is 1. The fourth-order valence-electron chi connectivity index (χ4n) is 1.49. The molecule has 0 aromatic heterocycles. The van der Waals surface area contributed by atoms with Crippen LogP contribution in [0, 0.1) is 0 Å². The first-order chi connectivity index (χ1) is 6.63. The molecule has 1 unspecified atom stereocenters. The molecule has 0 aliphatic rings. The van der Waals surface area contributed by atoms with Crippen molar-refractivity contribution in [2.24, 2.45) is 0 Å². The van der Waals surface area contributed by atoms with Gasteiger partial charge in [0.05, 0.1) is 6.42 Å². The first-order valence-electron chi connectivity index (χ1n) is 4.64. The number of phenols is 1. The van der Waals surface area contributed by atoms with E-state index in [1.165, 1.54) is 0 Å². The van der Waals surface area contributed by atoms with Gasteiger partial charge in [0.1, 0.15) is 5.75 Å². The Kier molecular flexibility index (Phi) is 3.51. The lowest BCUT2D eigenvalue weighted by molar-refractivity contribution is -0.137. The van der Waals surface area contributed by atoms with Crippen LogP contribution >= 0.6 is 0 Å². The zero-order valence-corrected chi connectivity index (χ0v) is 8.10. The van der Waals surface area contributed by atoms with Crippen LogP contribution in [0.2, 0.25) is 0 Å². The van der Waals surface area contributed by atoms with Crippen molar-refractivity contribution in [2.45, 2.75) is 25.7 Å². The van der Waals surface area contributed by atoms with Crippen molar-refractivity contribution in [3.05, 3.63) is 29.8 Å². The molecule has 0 spiro atoms. The molecular formula is C11H14O3. The first-order valence-corrected chi connectivity index (χ1v) is 4.64. The minimum Gasteiger partial charge on any atom is -0.508 e. The van der Waals surface area contributed by atoms with E-state index in [1.807, 2.05) is 13.0 Å². The number of hydrogen-bond donors (Lipinski definition) is 2. The van der Waals surface area contributed by atoms with Crippen LogP contribution < -0.4 is 0 Å². The van der Waals surface area contributed by atoms with Crippen molar-refractivity contribution in [3.8, 4) is 5.75 Å². The van der Waals surface area contributed by atoms with Gasteiger partial charge < -0.3 is 10.2 Å². The standard InChI is InChI=1S/C11H14O3/c1-2-8(7-11(13)14)9-4-3-5-10(12)6-9/h3-6,8,12H,2,7H2,1H3,(H,13,14). The van der Waals surface area contributed by atoms with Gasteiger partial charge in [-0.1, -0.05) is 19.1 Å². The molecule has 3 heteroatoms. The van der Waals surface area contributed by atoms with Gasteiger partial charge >= 0.3 is 5.97 Å². The quantitative estimate of drug-likeness (QED) is 0.773. The molecule has 76 valence electrons. The van der Waals surface area contributed by atoms with E-state index in [-0.39, 0.29) is 18.1 Å². The van der Waals surface area contributed by atoms with Crippen LogP contribution in [-0.2, 0) is 4.79 Å². The Bertz CT molecular complexity index is 320. The van der Waals surface area contributed by atoms with Crippen LogP contribution in [0.3, 0.4) is 0 Å². The molecule has 0 bridgehead atoms. The second-order valence-corrected chi connectivity index (χ2v) is 3.30. The van der Waals surface area contributed by atoms with E-state index in [9.17, 15) is 9.90 Å². The van der Waals surface area contributed by atoms with E-state index >= 15 is 0 Å². The Balaban J connectivity index is 2.83.